The maximum atomic E-state index is 12.3. The Hall–Kier alpha value is -1.20. The molecular formula is C14H19NO3S. The van der Waals surface area contributed by atoms with E-state index < -0.39 is 9.84 Å². The van der Waals surface area contributed by atoms with Crippen molar-refractivity contribution in [1.82, 2.24) is 4.90 Å². The van der Waals surface area contributed by atoms with Crippen LogP contribution < -0.4 is 0 Å². The summed E-state index contributed by atoms with van der Waals surface area (Å²) in [7, 11) is -3.36. The highest BCUT2D eigenvalue weighted by Gasteiger charge is 2.20. The second kappa shape index (κ2) is 5.84. The smallest absolute Gasteiger partial charge is 0.178 e. The average Bonchev–Trinajstić information content (AvgIpc) is 2.39. The van der Waals surface area contributed by atoms with Crippen LogP contribution in [0.4, 0.5) is 0 Å². The topological polar surface area (TPSA) is 54.5 Å². The summed E-state index contributed by atoms with van der Waals surface area (Å²) >= 11 is 0. The number of Topliss-reactive ketones (excluding diaryl/α,β-unsaturated/α-hetero) is 1. The van der Waals surface area contributed by atoms with E-state index in [1.54, 1.807) is 18.2 Å². The van der Waals surface area contributed by atoms with Crippen LogP contribution in [0.15, 0.2) is 29.2 Å². The van der Waals surface area contributed by atoms with Crippen LogP contribution in [0.2, 0.25) is 0 Å². The molecule has 0 atom stereocenters. The first kappa shape index (κ1) is 14.2. The quantitative estimate of drug-likeness (QED) is 0.789. The van der Waals surface area contributed by atoms with E-state index in [2.05, 4.69) is 4.90 Å². The molecule has 0 unspecified atom stereocenters. The normalized spacial score (nSPS) is 17.3. The molecular weight excluding hydrogens is 262 g/mol. The van der Waals surface area contributed by atoms with Crippen LogP contribution in [-0.2, 0) is 9.84 Å². The SMILES string of the molecule is CS(=O)(=O)c1ccccc1C(=O)CN1CCCCC1. The predicted octanol–water partition coefficient (Wildman–Crippen LogP) is 1.76. The Bertz CT molecular complexity index is 560. The molecule has 19 heavy (non-hydrogen) atoms. The van der Waals surface area contributed by atoms with Gasteiger partial charge in [-0.05, 0) is 32.0 Å². The fraction of sp³-hybridized carbons (Fsp3) is 0.500. The van der Waals surface area contributed by atoms with E-state index >= 15 is 0 Å². The number of sulfone groups is 1. The molecule has 104 valence electrons. The Labute approximate surface area is 114 Å². The van der Waals surface area contributed by atoms with E-state index in [1.807, 2.05) is 0 Å². The summed E-state index contributed by atoms with van der Waals surface area (Å²) in [6.45, 7) is 2.16. The summed E-state index contributed by atoms with van der Waals surface area (Å²) in [5, 5.41) is 0. The number of carbonyl (C=O) groups excluding carboxylic acids is 1. The van der Waals surface area contributed by atoms with Crippen molar-refractivity contribution < 1.29 is 13.2 Å². The van der Waals surface area contributed by atoms with Gasteiger partial charge in [-0.3, -0.25) is 9.69 Å². The van der Waals surface area contributed by atoms with Gasteiger partial charge in [-0.15, -0.1) is 0 Å². The minimum atomic E-state index is -3.36. The van der Waals surface area contributed by atoms with Gasteiger partial charge in [0.05, 0.1) is 11.4 Å². The summed E-state index contributed by atoms with van der Waals surface area (Å²) in [4.78, 5) is 14.5. The van der Waals surface area contributed by atoms with Crippen molar-refractivity contribution in [2.75, 3.05) is 25.9 Å². The molecule has 0 bridgehead atoms. The maximum Gasteiger partial charge on any atom is 0.178 e. The van der Waals surface area contributed by atoms with Crippen LogP contribution in [-0.4, -0.2) is 45.0 Å². The monoisotopic (exact) mass is 281 g/mol. The largest absolute Gasteiger partial charge is 0.296 e. The number of nitrogens with zero attached hydrogens (tertiary/aromatic N) is 1. The minimum absolute atomic E-state index is 0.108. The van der Waals surface area contributed by atoms with Gasteiger partial charge in [-0.1, -0.05) is 24.6 Å². The first-order chi connectivity index (χ1) is 8.98. The minimum Gasteiger partial charge on any atom is -0.296 e. The van der Waals surface area contributed by atoms with E-state index in [0.29, 0.717) is 12.1 Å². The molecule has 1 aliphatic heterocycles. The highest BCUT2D eigenvalue weighted by molar-refractivity contribution is 7.90. The summed E-state index contributed by atoms with van der Waals surface area (Å²) in [6.07, 6.45) is 4.58. The van der Waals surface area contributed by atoms with E-state index in [0.717, 1.165) is 32.2 Å². The first-order valence-electron chi connectivity index (χ1n) is 6.53. The molecule has 0 N–H and O–H groups in total. The van der Waals surface area contributed by atoms with Crippen molar-refractivity contribution in [3.05, 3.63) is 29.8 Å². The Morgan fingerprint density at radius 2 is 1.79 bits per heavy atom. The number of rotatable bonds is 4. The average molecular weight is 281 g/mol. The molecule has 0 amide bonds. The highest BCUT2D eigenvalue weighted by Crippen LogP contribution is 2.17. The van der Waals surface area contributed by atoms with Crippen LogP contribution in [0.25, 0.3) is 0 Å². The van der Waals surface area contributed by atoms with Gasteiger partial charge in [0.2, 0.25) is 0 Å². The number of benzene rings is 1. The molecule has 0 radical (unpaired) electrons. The number of ketones is 1. The Balaban J connectivity index is 2.19. The van der Waals surface area contributed by atoms with Crippen LogP contribution in [0.5, 0.6) is 0 Å². The Morgan fingerprint density at radius 1 is 1.16 bits per heavy atom. The second-order valence-electron chi connectivity index (χ2n) is 5.03. The standard InChI is InChI=1S/C14H19NO3S/c1-19(17,18)14-8-4-3-7-12(14)13(16)11-15-9-5-2-6-10-15/h3-4,7-8H,2,5-6,9-11H2,1H3. The lowest BCUT2D eigenvalue weighted by molar-refractivity contribution is 0.0912. The molecule has 1 fully saturated rings. The molecule has 1 aromatic rings. The van der Waals surface area contributed by atoms with Gasteiger partial charge >= 0.3 is 0 Å². The fourth-order valence-corrected chi connectivity index (χ4v) is 3.33. The van der Waals surface area contributed by atoms with Crippen LogP contribution in [0.1, 0.15) is 29.6 Å². The molecule has 5 heteroatoms. The molecule has 4 nitrogen and oxygen atoms in total. The molecule has 2 rings (SSSR count). The van der Waals surface area contributed by atoms with E-state index in [4.69, 9.17) is 0 Å². The van der Waals surface area contributed by atoms with Crippen molar-refractivity contribution in [2.24, 2.45) is 0 Å². The van der Waals surface area contributed by atoms with Gasteiger partial charge in [-0.25, -0.2) is 8.42 Å². The van der Waals surface area contributed by atoms with Crippen molar-refractivity contribution in [3.63, 3.8) is 0 Å². The third-order valence-corrected chi connectivity index (χ3v) is 4.56. The zero-order valence-corrected chi connectivity index (χ0v) is 11.9. The lowest BCUT2D eigenvalue weighted by Crippen LogP contribution is -2.34. The van der Waals surface area contributed by atoms with Gasteiger partial charge < -0.3 is 0 Å². The molecule has 1 saturated heterocycles. The van der Waals surface area contributed by atoms with Gasteiger partial charge in [-0.2, -0.15) is 0 Å². The van der Waals surface area contributed by atoms with Gasteiger partial charge in [0, 0.05) is 11.8 Å². The van der Waals surface area contributed by atoms with Crippen LogP contribution in [0, 0.1) is 0 Å². The molecule has 1 heterocycles. The van der Waals surface area contributed by atoms with E-state index in [9.17, 15) is 13.2 Å². The Morgan fingerprint density at radius 3 is 2.42 bits per heavy atom. The molecule has 0 aliphatic carbocycles. The van der Waals surface area contributed by atoms with E-state index in [-0.39, 0.29) is 10.7 Å². The number of hydrogen-bond acceptors (Lipinski definition) is 4. The maximum absolute atomic E-state index is 12.3. The van der Waals surface area contributed by atoms with Gasteiger partial charge in [0.1, 0.15) is 0 Å². The third kappa shape index (κ3) is 3.64. The number of piperidine rings is 1. The number of likely N-dealkylation sites (tertiary alicyclic amines) is 1. The summed E-state index contributed by atoms with van der Waals surface area (Å²) in [6, 6.07) is 6.45. The van der Waals surface area contributed by atoms with Gasteiger partial charge in [0.15, 0.2) is 15.6 Å². The molecule has 0 spiro atoms. The van der Waals surface area contributed by atoms with Crippen molar-refractivity contribution in [2.45, 2.75) is 24.2 Å². The van der Waals surface area contributed by atoms with Crippen molar-refractivity contribution >= 4 is 15.6 Å². The molecule has 0 aromatic heterocycles. The molecule has 1 aromatic carbocycles. The molecule has 0 saturated carbocycles. The summed E-state index contributed by atoms with van der Waals surface area (Å²) in [5.74, 6) is -0.108. The van der Waals surface area contributed by atoms with E-state index in [1.165, 1.54) is 12.5 Å². The second-order valence-corrected chi connectivity index (χ2v) is 7.01. The summed E-state index contributed by atoms with van der Waals surface area (Å²) in [5.41, 5.74) is 0.315. The molecule has 1 aliphatic rings. The number of hydrogen-bond donors (Lipinski definition) is 0. The lowest BCUT2D eigenvalue weighted by atomic mass is 10.1. The highest BCUT2D eigenvalue weighted by atomic mass is 32.2. The zero-order valence-electron chi connectivity index (χ0n) is 11.1. The Kier molecular flexibility index (Phi) is 4.37. The lowest BCUT2D eigenvalue weighted by Gasteiger charge is -2.25. The third-order valence-electron chi connectivity index (χ3n) is 3.40. The zero-order chi connectivity index (χ0) is 13.9. The van der Waals surface area contributed by atoms with Crippen molar-refractivity contribution in [3.8, 4) is 0 Å². The first-order valence-corrected chi connectivity index (χ1v) is 8.42. The van der Waals surface area contributed by atoms with Gasteiger partial charge in [0.25, 0.3) is 0 Å². The van der Waals surface area contributed by atoms with Crippen LogP contribution in [0.3, 0.4) is 0 Å². The van der Waals surface area contributed by atoms with Crippen LogP contribution >= 0.6 is 0 Å². The van der Waals surface area contributed by atoms with Crippen molar-refractivity contribution in [1.29, 1.82) is 0 Å². The predicted molar refractivity (Wildman–Crippen MR) is 74.2 cm³/mol. The number of carbonyl (C=O) groups is 1. The fourth-order valence-electron chi connectivity index (χ4n) is 2.43. The summed E-state index contributed by atoms with van der Waals surface area (Å²) < 4.78 is 23.4.